The van der Waals surface area contributed by atoms with Crippen molar-refractivity contribution in [2.45, 2.75) is 20.3 Å². The van der Waals surface area contributed by atoms with Gasteiger partial charge in [0.05, 0.1) is 7.11 Å². The predicted octanol–water partition coefficient (Wildman–Crippen LogP) is 3.81. The van der Waals surface area contributed by atoms with E-state index in [1.54, 1.807) is 7.11 Å². The van der Waals surface area contributed by atoms with Crippen LogP contribution >= 0.6 is 22.6 Å². The van der Waals surface area contributed by atoms with Gasteiger partial charge in [-0.05, 0) is 66.6 Å². The van der Waals surface area contributed by atoms with Gasteiger partial charge in [0.2, 0.25) is 0 Å². The minimum absolute atomic E-state index is 0.947. The van der Waals surface area contributed by atoms with Crippen molar-refractivity contribution in [1.29, 1.82) is 0 Å². The molecule has 1 nitrogen and oxygen atoms in total. The standard InChI is InChI=1S/C12H15IO/c1-9(2)4-5-10-8-11(13)6-7-12(10)14-3/h4,6-8H,5H2,1-3H3. The van der Waals surface area contributed by atoms with Crippen LogP contribution in [0.25, 0.3) is 0 Å². The number of hydrogen-bond donors (Lipinski definition) is 0. The molecule has 0 amide bonds. The summed E-state index contributed by atoms with van der Waals surface area (Å²) in [6.45, 7) is 4.22. The lowest BCUT2D eigenvalue weighted by Gasteiger charge is -2.06. The summed E-state index contributed by atoms with van der Waals surface area (Å²) in [6.07, 6.45) is 3.16. The maximum absolute atomic E-state index is 5.30. The molecule has 0 unspecified atom stereocenters. The Kier molecular flexibility index (Phi) is 4.45. The van der Waals surface area contributed by atoms with Crippen LogP contribution in [0.15, 0.2) is 29.8 Å². The molecule has 0 aliphatic rings. The topological polar surface area (TPSA) is 9.23 Å². The molecule has 0 radical (unpaired) electrons. The van der Waals surface area contributed by atoms with Gasteiger partial charge in [0.1, 0.15) is 5.75 Å². The van der Waals surface area contributed by atoms with Crippen molar-refractivity contribution in [2.75, 3.05) is 7.11 Å². The van der Waals surface area contributed by atoms with Gasteiger partial charge in [0.15, 0.2) is 0 Å². The summed E-state index contributed by atoms with van der Waals surface area (Å²) < 4.78 is 6.55. The van der Waals surface area contributed by atoms with E-state index in [4.69, 9.17) is 4.74 Å². The van der Waals surface area contributed by atoms with Crippen LogP contribution in [0.3, 0.4) is 0 Å². The summed E-state index contributed by atoms with van der Waals surface area (Å²) in [5.74, 6) is 0.975. The summed E-state index contributed by atoms with van der Waals surface area (Å²) in [4.78, 5) is 0. The lowest BCUT2D eigenvalue weighted by Crippen LogP contribution is -1.91. The highest BCUT2D eigenvalue weighted by Gasteiger charge is 2.01. The fourth-order valence-electron chi connectivity index (χ4n) is 1.22. The molecule has 0 bridgehead atoms. The van der Waals surface area contributed by atoms with Gasteiger partial charge in [0.25, 0.3) is 0 Å². The highest BCUT2D eigenvalue weighted by molar-refractivity contribution is 14.1. The molecule has 0 heterocycles. The molecule has 1 rings (SSSR count). The minimum Gasteiger partial charge on any atom is -0.496 e. The maximum atomic E-state index is 5.30. The van der Waals surface area contributed by atoms with Crippen LogP contribution in [-0.4, -0.2) is 7.11 Å². The first kappa shape index (κ1) is 11.6. The molecule has 0 aliphatic carbocycles. The van der Waals surface area contributed by atoms with Crippen LogP contribution in [0.1, 0.15) is 19.4 Å². The number of methoxy groups -OCH3 is 1. The molecule has 0 fully saturated rings. The second kappa shape index (κ2) is 5.39. The molecule has 0 atom stereocenters. The molecule has 76 valence electrons. The lowest BCUT2D eigenvalue weighted by atomic mass is 10.1. The molecule has 0 aliphatic heterocycles. The smallest absolute Gasteiger partial charge is 0.122 e. The molecule has 0 saturated heterocycles. The van der Waals surface area contributed by atoms with Crippen molar-refractivity contribution in [1.82, 2.24) is 0 Å². The SMILES string of the molecule is COc1ccc(I)cc1CC=C(C)C. The average molecular weight is 302 g/mol. The minimum atomic E-state index is 0.947. The Labute approximate surface area is 99.3 Å². The Hall–Kier alpha value is -0.510. The molecule has 2 heteroatoms. The van der Waals surface area contributed by atoms with Gasteiger partial charge in [-0.3, -0.25) is 0 Å². The van der Waals surface area contributed by atoms with E-state index >= 15 is 0 Å². The van der Waals surface area contributed by atoms with Crippen molar-refractivity contribution in [3.63, 3.8) is 0 Å². The summed E-state index contributed by atoms with van der Waals surface area (Å²) in [5.41, 5.74) is 2.59. The maximum Gasteiger partial charge on any atom is 0.122 e. The van der Waals surface area contributed by atoms with E-state index in [1.807, 2.05) is 6.07 Å². The van der Waals surface area contributed by atoms with Gasteiger partial charge in [-0.2, -0.15) is 0 Å². The van der Waals surface area contributed by atoms with Gasteiger partial charge >= 0.3 is 0 Å². The summed E-state index contributed by atoms with van der Waals surface area (Å²) in [6, 6.07) is 6.25. The zero-order chi connectivity index (χ0) is 10.6. The molecule has 0 saturated carbocycles. The molecular formula is C12H15IO. The molecule has 1 aromatic carbocycles. The number of benzene rings is 1. The van der Waals surface area contributed by atoms with Crippen molar-refractivity contribution in [3.8, 4) is 5.75 Å². The second-order valence-electron chi connectivity index (χ2n) is 3.44. The van der Waals surface area contributed by atoms with E-state index in [0.717, 1.165) is 12.2 Å². The van der Waals surface area contributed by atoms with Gasteiger partial charge in [-0.15, -0.1) is 0 Å². The average Bonchev–Trinajstić information content (AvgIpc) is 2.15. The quantitative estimate of drug-likeness (QED) is 0.609. The molecule has 0 N–H and O–H groups in total. The number of allylic oxidation sites excluding steroid dienone is 2. The fourth-order valence-corrected chi connectivity index (χ4v) is 1.78. The first-order valence-electron chi connectivity index (χ1n) is 4.59. The monoisotopic (exact) mass is 302 g/mol. The summed E-state index contributed by atoms with van der Waals surface area (Å²) in [7, 11) is 1.72. The van der Waals surface area contributed by atoms with Gasteiger partial charge < -0.3 is 4.74 Å². The fraction of sp³-hybridized carbons (Fsp3) is 0.333. The van der Waals surface area contributed by atoms with Gasteiger partial charge in [-0.25, -0.2) is 0 Å². The van der Waals surface area contributed by atoms with Crippen LogP contribution in [-0.2, 0) is 6.42 Å². The van der Waals surface area contributed by atoms with E-state index in [9.17, 15) is 0 Å². The van der Waals surface area contributed by atoms with Crippen molar-refractivity contribution >= 4 is 22.6 Å². The Morgan fingerprint density at radius 2 is 2.14 bits per heavy atom. The number of hydrogen-bond acceptors (Lipinski definition) is 1. The van der Waals surface area contributed by atoms with Crippen molar-refractivity contribution in [3.05, 3.63) is 39.0 Å². The zero-order valence-electron chi connectivity index (χ0n) is 8.80. The number of ether oxygens (including phenoxy) is 1. The Bertz CT molecular complexity index is 338. The highest BCUT2D eigenvalue weighted by Crippen LogP contribution is 2.21. The number of halogens is 1. The third-order valence-electron chi connectivity index (χ3n) is 1.97. The normalized spacial score (nSPS) is 9.71. The third kappa shape index (κ3) is 3.33. The Morgan fingerprint density at radius 1 is 1.43 bits per heavy atom. The van der Waals surface area contributed by atoms with Crippen LogP contribution in [0.5, 0.6) is 5.75 Å². The van der Waals surface area contributed by atoms with Gasteiger partial charge in [-0.1, -0.05) is 11.6 Å². The number of rotatable bonds is 3. The zero-order valence-corrected chi connectivity index (χ0v) is 11.0. The summed E-state index contributed by atoms with van der Waals surface area (Å²) >= 11 is 2.32. The summed E-state index contributed by atoms with van der Waals surface area (Å²) in [5, 5.41) is 0. The molecule has 14 heavy (non-hydrogen) atoms. The van der Waals surface area contributed by atoms with Crippen LogP contribution in [0.2, 0.25) is 0 Å². The van der Waals surface area contributed by atoms with Gasteiger partial charge in [0, 0.05) is 3.57 Å². The van der Waals surface area contributed by atoms with Crippen LogP contribution in [0.4, 0.5) is 0 Å². The molecular weight excluding hydrogens is 287 g/mol. The Morgan fingerprint density at radius 3 is 2.71 bits per heavy atom. The first-order valence-corrected chi connectivity index (χ1v) is 5.67. The van der Waals surface area contributed by atoms with E-state index in [0.29, 0.717) is 0 Å². The largest absolute Gasteiger partial charge is 0.496 e. The van der Waals surface area contributed by atoms with E-state index in [2.05, 4.69) is 54.6 Å². The predicted molar refractivity (Wildman–Crippen MR) is 68.8 cm³/mol. The first-order chi connectivity index (χ1) is 6.63. The Balaban J connectivity index is 2.93. The molecule has 1 aromatic rings. The second-order valence-corrected chi connectivity index (χ2v) is 4.69. The van der Waals surface area contributed by atoms with E-state index < -0.39 is 0 Å². The van der Waals surface area contributed by atoms with E-state index in [-0.39, 0.29) is 0 Å². The molecule has 0 aromatic heterocycles. The highest BCUT2D eigenvalue weighted by atomic mass is 127. The third-order valence-corrected chi connectivity index (χ3v) is 2.64. The van der Waals surface area contributed by atoms with Crippen molar-refractivity contribution in [2.24, 2.45) is 0 Å². The van der Waals surface area contributed by atoms with Crippen LogP contribution < -0.4 is 4.74 Å². The van der Waals surface area contributed by atoms with E-state index in [1.165, 1.54) is 14.7 Å². The molecule has 0 spiro atoms. The van der Waals surface area contributed by atoms with Crippen molar-refractivity contribution < 1.29 is 4.74 Å². The van der Waals surface area contributed by atoms with Crippen LogP contribution in [0, 0.1) is 3.57 Å². The lowest BCUT2D eigenvalue weighted by molar-refractivity contribution is 0.410.